The highest BCUT2D eigenvalue weighted by Crippen LogP contribution is 2.26. The molecule has 128 valence electrons. The summed E-state index contributed by atoms with van der Waals surface area (Å²) in [7, 11) is 0. The highest BCUT2D eigenvalue weighted by molar-refractivity contribution is 5.92. The van der Waals surface area contributed by atoms with Gasteiger partial charge in [0.15, 0.2) is 17.6 Å². The lowest BCUT2D eigenvalue weighted by Gasteiger charge is -2.16. The molecule has 2 rings (SSSR count). The molecule has 1 heterocycles. The first-order chi connectivity index (χ1) is 11.3. The van der Waals surface area contributed by atoms with Crippen molar-refractivity contribution >= 4 is 18.0 Å². The topological polar surface area (TPSA) is 154 Å². The van der Waals surface area contributed by atoms with Crippen molar-refractivity contribution in [2.45, 2.75) is 12.2 Å². The lowest BCUT2D eigenvalue weighted by Crippen LogP contribution is -2.32. The van der Waals surface area contributed by atoms with Crippen LogP contribution in [0.2, 0.25) is 0 Å². The maximum Gasteiger partial charge on any atom is 0.378 e. The van der Waals surface area contributed by atoms with Crippen LogP contribution in [0, 0.1) is 0 Å². The summed E-state index contributed by atoms with van der Waals surface area (Å²) in [5.74, 6) is -4.49. The first-order valence-electron chi connectivity index (χ1n) is 6.68. The van der Waals surface area contributed by atoms with Crippen molar-refractivity contribution in [2.75, 3.05) is 6.61 Å². The van der Waals surface area contributed by atoms with E-state index in [1.165, 1.54) is 24.3 Å². The molecule has 9 nitrogen and oxygen atoms in total. The summed E-state index contributed by atoms with van der Waals surface area (Å²) in [6.45, 7) is -0.783. The second-order valence-electron chi connectivity index (χ2n) is 4.79. The van der Waals surface area contributed by atoms with Crippen molar-refractivity contribution in [1.82, 2.24) is 0 Å². The van der Waals surface area contributed by atoms with Crippen molar-refractivity contribution in [3.8, 4) is 11.5 Å². The lowest BCUT2D eigenvalue weighted by molar-refractivity contribution is -0.150. The molecule has 0 spiro atoms. The van der Waals surface area contributed by atoms with Crippen molar-refractivity contribution in [2.24, 2.45) is 0 Å². The Bertz CT molecular complexity index is 720. The fraction of sp³-hybridized carbons (Fsp3) is 0.200. The average molecular weight is 338 g/mol. The van der Waals surface area contributed by atoms with Crippen LogP contribution in [0.25, 0.3) is 6.08 Å². The van der Waals surface area contributed by atoms with Crippen LogP contribution >= 0.6 is 0 Å². The van der Waals surface area contributed by atoms with Crippen LogP contribution in [0.4, 0.5) is 0 Å². The number of carbonyl (C=O) groups is 2. The number of esters is 2. The van der Waals surface area contributed by atoms with Crippen LogP contribution in [0.1, 0.15) is 5.56 Å². The van der Waals surface area contributed by atoms with Crippen molar-refractivity contribution in [1.29, 1.82) is 0 Å². The van der Waals surface area contributed by atoms with Gasteiger partial charge in [0.2, 0.25) is 11.5 Å². The third-order valence-electron chi connectivity index (χ3n) is 3.08. The van der Waals surface area contributed by atoms with Crippen molar-refractivity contribution < 1.29 is 44.6 Å². The van der Waals surface area contributed by atoms with Gasteiger partial charge >= 0.3 is 11.9 Å². The smallest absolute Gasteiger partial charge is 0.378 e. The summed E-state index contributed by atoms with van der Waals surface area (Å²) < 4.78 is 9.38. The number of benzene rings is 1. The monoisotopic (exact) mass is 338 g/mol. The SMILES string of the molecule is O=C(C=Cc1ccc(O)c(O)c1)OC1=C(O)C(=O)O[C@@H]1[C@@H](O)CO. The summed E-state index contributed by atoms with van der Waals surface area (Å²) in [5.41, 5.74) is 0.367. The second kappa shape index (κ2) is 7.02. The number of aromatic hydroxyl groups is 2. The molecule has 0 saturated carbocycles. The Morgan fingerprint density at radius 3 is 2.62 bits per heavy atom. The van der Waals surface area contributed by atoms with Gasteiger partial charge in [-0.3, -0.25) is 0 Å². The van der Waals surface area contributed by atoms with Gasteiger partial charge in [-0.05, 0) is 23.8 Å². The maximum absolute atomic E-state index is 11.8. The Morgan fingerprint density at radius 2 is 2.00 bits per heavy atom. The maximum atomic E-state index is 11.8. The number of aliphatic hydroxyl groups excluding tert-OH is 3. The van der Waals surface area contributed by atoms with E-state index in [0.29, 0.717) is 5.56 Å². The van der Waals surface area contributed by atoms with Gasteiger partial charge in [0.25, 0.3) is 0 Å². The lowest BCUT2D eigenvalue weighted by atomic mass is 10.2. The zero-order valence-electron chi connectivity index (χ0n) is 12.1. The van der Waals surface area contributed by atoms with Crippen molar-refractivity contribution in [3.05, 3.63) is 41.4 Å². The number of phenols is 2. The summed E-state index contributed by atoms with van der Waals surface area (Å²) in [5, 5.41) is 46.4. The molecule has 0 bridgehead atoms. The van der Waals surface area contributed by atoms with E-state index >= 15 is 0 Å². The first kappa shape index (κ1) is 17.3. The first-order valence-corrected chi connectivity index (χ1v) is 6.68. The van der Waals surface area contributed by atoms with Crippen LogP contribution < -0.4 is 0 Å². The summed E-state index contributed by atoms with van der Waals surface area (Å²) in [6, 6.07) is 3.82. The standard InChI is InChI=1S/C15H14O9/c16-6-10(19)13-14(12(21)15(22)24-13)23-11(20)4-2-7-1-3-8(17)9(18)5-7/h1-5,10,13,16-19,21H,6H2/t10-,13+/m0/s1. The predicted molar refractivity (Wildman–Crippen MR) is 77.5 cm³/mol. The van der Waals surface area contributed by atoms with Gasteiger partial charge in [0.05, 0.1) is 6.61 Å². The second-order valence-corrected chi connectivity index (χ2v) is 4.79. The van der Waals surface area contributed by atoms with Crippen molar-refractivity contribution in [3.63, 3.8) is 0 Å². The largest absolute Gasteiger partial charge is 0.504 e. The van der Waals surface area contributed by atoms with Gasteiger partial charge in [0, 0.05) is 6.08 Å². The van der Waals surface area contributed by atoms with Gasteiger partial charge in [-0.15, -0.1) is 0 Å². The molecule has 0 fully saturated rings. The van der Waals surface area contributed by atoms with E-state index in [-0.39, 0.29) is 11.5 Å². The molecule has 0 aromatic heterocycles. The molecule has 24 heavy (non-hydrogen) atoms. The molecule has 1 aromatic carbocycles. The van der Waals surface area contributed by atoms with Gasteiger partial charge in [0.1, 0.15) is 6.10 Å². The number of carbonyl (C=O) groups excluding carboxylic acids is 2. The van der Waals surface area contributed by atoms with E-state index in [0.717, 1.165) is 6.08 Å². The number of cyclic esters (lactones) is 1. The van der Waals surface area contributed by atoms with Gasteiger partial charge in [-0.2, -0.15) is 0 Å². The minimum Gasteiger partial charge on any atom is -0.504 e. The van der Waals surface area contributed by atoms with Crippen LogP contribution in [0.15, 0.2) is 35.8 Å². The molecule has 0 unspecified atom stereocenters. The Morgan fingerprint density at radius 1 is 1.29 bits per heavy atom. The number of hydrogen-bond donors (Lipinski definition) is 5. The van der Waals surface area contributed by atoms with E-state index in [9.17, 15) is 30.0 Å². The molecule has 0 aliphatic carbocycles. The number of phenolic OH excluding ortho intramolecular Hbond substituents is 2. The average Bonchev–Trinajstić information content (AvgIpc) is 2.83. The highest BCUT2D eigenvalue weighted by Gasteiger charge is 2.41. The molecule has 1 aliphatic heterocycles. The molecular formula is C15H14O9. The molecule has 2 atom stereocenters. The molecule has 0 saturated heterocycles. The number of rotatable bonds is 5. The van der Waals surface area contributed by atoms with Crippen LogP contribution in [-0.2, 0) is 19.1 Å². The molecule has 0 radical (unpaired) electrons. The molecule has 1 aliphatic rings. The normalized spacial score (nSPS) is 18.8. The zero-order chi connectivity index (χ0) is 17.9. The van der Waals surface area contributed by atoms with Gasteiger partial charge in [-0.1, -0.05) is 6.07 Å². The Hall–Kier alpha value is -3.04. The number of hydrogen-bond acceptors (Lipinski definition) is 9. The summed E-state index contributed by atoms with van der Waals surface area (Å²) in [6.07, 6.45) is -0.900. The Balaban J connectivity index is 2.11. The van der Waals surface area contributed by atoms with Crippen LogP contribution in [-0.4, -0.2) is 56.3 Å². The van der Waals surface area contributed by atoms with E-state index in [2.05, 4.69) is 4.74 Å². The molecule has 1 aromatic rings. The Kier molecular flexibility index (Phi) is 5.07. The third-order valence-corrected chi connectivity index (χ3v) is 3.08. The number of aliphatic hydroxyl groups is 3. The fourth-order valence-electron chi connectivity index (χ4n) is 1.87. The fourth-order valence-corrected chi connectivity index (χ4v) is 1.87. The predicted octanol–water partition coefficient (Wildman–Crippen LogP) is -0.298. The Labute approximate surface area is 135 Å². The summed E-state index contributed by atoms with van der Waals surface area (Å²) in [4.78, 5) is 23.0. The highest BCUT2D eigenvalue weighted by atomic mass is 16.6. The molecular weight excluding hydrogens is 324 g/mol. The minimum atomic E-state index is -1.57. The van der Waals surface area contributed by atoms with E-state index in [4.69, 9.17) is 9.84 Å². The van der Waals surface area contributed by atoms with Crippen LogP contribution in [0.5, 0.6) is 11.5 Å². The molecule has 5 N–H and O–H groups in total. The third kappa shape index (κ3) is 3.65. The van der Waals surface area contributed by atoms with Gasteiger partial charge < -0.3 is 35.0 Å². The number of ether oxygens (including phenoxy) is 2. The zero-order valence-corrected chi connectivity index (χ0v) is 12.1. The quantitative estimate of drug-likeness (QED) is 0.276. The molecule has 9 heteroatoms. The summed E-state index contributed by atoms with van der Waals surface area (Å²) >= 11 is 0. The molecule has 0 amide bonds. The van der Waals surface area contributed by atoms with E-state index in [1.54, 1.807) is 0 Å². The van der Waals surface area contributed by atoms with Crippen LogP contribution in [0.3, 0.4) is 0 Å². The van der Waals surface area contributed by atoms with Gasteiger partial charge in [-0.25, -0.2) is 9.59 Å². The van der Waals surface area contributed by atoms with E-state index < -0.39 is 42.3 Å². The minimum absolute atomic E-state index is 0.327. The van der Waals surface area contributed by atoms with E-state index in [1.807, 2.05) is 0 Å².